The number of aliphatic carboxylic acids is 1. The van der Waals surface area contributed by atoms with E-state index in [-0.39, 0.29) is 12.3 Å². The third-order valence-corrected chi connectivity index (χ3v) is 7.16. The number of nitrogens with zero attached hydrogens (tertiary/aromatic N) is 8. The molecule has 1 amide bonds. The smallest absolute Gasteiger partial charge is 0.307 e. The summed E-state index contributed by atoms with van der Waals surface area (Å²) in [6.45, 7) is 9.67. The Hall–Kier alpha value is -4.12. The second-order valence-corrected chi connectivity index (χ2v) is 9.81. The average molecular weight is 517 g/mol. The number of aryl methyl sites for hydroxylation is 2. The number of carbonyl (C=O) groups excluding carboxylic acids is 1. The molecule has 4 heterocycles. The Morgan fingerprint density at radius 1 is 0.895 bits per heavy atom. The number of hydrogen-bond donors (Lipinski definition) is 1. The summed E-state index contributed by atoms with van der Waals surface area (Å²) in [5.74, 6) is 0.734. The zero-order valence-corrected chi connectivity index (χ0v) is 22.0. The molecule has 3 aromatic heterocycles. The first kappa shape index (κ1) is 25.5. The van der Waals surface area contributed by atoms with Crippen molar-refractivity contribution >= 4 is 17.5 Å². The van der Waals surface area contributed by atoms with Crippen LogP contribution in [0.4, 0.5) is 0 Å². The van der Waals surface area contributed by atoms with E-state index < -0.39 is 5.97 Å². The van der Waals surface area contributed by atoms with E-state index in [1.165, 1.54) is 0 Å². The summed E-state index contributed by atoms with van der Waals surface area (Å²) in [4.78, 5) is 28.2. The maximum atomic E-state index is 13.0. The van der Waals surface area contributed by atoms with Crippen molar-refractivity contribution in [2.24, 2.45) is 0 Å². The number of amides is 1. The number of aromatic nitrogens is 6. The first-order valence-electron chi connectivity index (χ1n) is 12.8. The van der Waals surface area contributed by atoms with Gasteiger partial charge >= 0.3 is 5.97 Å². The fourth-order valence-corrected chi connectivity index (χ4v) is 5.00. The highest BCUT2D eigenvalue weighted by Crippen LogP contribution is 2.20. The van der Waals surface area contributed by atoms with Crippen molar-refractivity contribution in [1.29, 1.82) is 0 Å². The van der Waals surface area contributed by atoms with E-state index >= 15 is 0 Å². The molecular formula is C27H32N8O3. The number of carboxylic acids is 1. The van der Waals surface area contributed by atoms with Crippen molar-refractivity contribution < 1.29 is 14.7 Å². The lowest BCUT2D eigenvalue weighted by Gasteiger charge is -2.35. The van der Waals surface area contributed by atoms with Gasteiger partial charge in [-0.25, -0.2) is 4.68 Å². The summed E-state index contributed by atoms with van der Waals surface area (Å²) in [5, 5.41) is 26.4. The Labute approximate surface area is 220 Å². The normalized spacial score (nSPS) is 14.3. The average Bonchev–Trinajstić information content (AvgIpc) is 3.41. The first-order valence-corrected chi connectivity index (χ1v) is 12.8. The summed E-state index contributed by atoms with van der Waals surface area (Å²) < 4.78 is 3.52. The van der Waals surface area contributed by atoms with Gasteiger partial charge in [0.25, 0.3) is 0 Å². The van der Waals surface area contributed by atoms with Crippen LogP contribution in [-0.4, -0.2) is 82.6 Å². The van der Waals surface area contributed by atoms with Crippen LogP contribution < -0.4 is 0 Å². The van der Waals surface area contributed by atoms with Crippen LogP contribution in [0.2, 0.25) is 0 Å². The summed E-state index contributed by atoms with van der Waals surface area (Å²) >= 11 is 0. The van der Waals surface area contributed by atoms with Gasteiger partial charge in [0.1, 0.15) is 0 Å². The molecule has 11 heteroatoms. The number of rotatable bonds is 8. The maximum absolute atomic E-state index is 13.0. The highest BCUT2D eigenvalue weighted by Gasteiger charge is 2.22. The second kappa shape index (κ2) is 10.7. The monoisotopic (exact) mass is 516 g/mol. The molecule has 1 saturated heterocycles. The largest absolute Gasteiger partial charge is 0.481 e. The van der Waals surface area contributed by atoms with Crippen LogP contribution in [0.25, 0.3) is 11.5 Å². The van der Waals surface area contributed by atoms with Gasteiger partial charge in [-0.15, -0.1) is 15.3 Å². The molecule has 11 nitrogen and oxygen atoms in total. The van der Waals surface area contributed by atoms with Gasteiger partial charge in [0, 0.05) is 44.8 Å². The lowest BCUT2D eigenvalue weighted by molar-refractivity contribution is -0.136. The molecule has 4 aromatic rings. The number of benzene rings is 1. The molecule has 0 bridgehead atoms. The molecule has 1 N–H and O–H groups in total. The molecule has 0 atom stereocenters. The molecule has 0 saturated carbocycles. The van der Waals surface area contributed by atoms with Crippen LogP contribution in [0.3, 0.4) is 0 Å². The van der Waals surface area contributed by atoms with Gasteiger partial charge in [-0.3, -0.25) is 14.5 Å². The molecule has 0 spiro atoms. The Morgan fingerprint density at radius 2 is 1.61 bits per heavy atom. The van der Waals surface area contributed by atoms with Gasteiger partial charge in [0.15, 0.2) is 17.3 Å². The highest BCUT2D eigenvalue weighted by molar-refractivity contribution is 5.76. The summed E-state index contributed by atoms with van der Waals surface area (Å²) in [7, 11) is 0. The molecule has 38 heavy (non-hydrogen) atoms. The maximum Gasteiger partial charge on any atom is 0.307 e. The van der Waals surface area contributed by atoms with Gasteiger partial charge in [-0.2, -0.15) is 9.61 Å². The molecule has 0 unspecified atom stereocenters. The predicted molar refractivity (Wildman–Crippen MR) is 140 cm³/mol. The molecule has 1 aliphatic heterocycles. The summed E-state index contributed by atoms with van der Waals surface area (Å²) in [6, 6.07) is 11.5. The number of piperazine rings is 1. The number of carboxylic acid groups (broad SMARTS) is 1. The van der Waals surface area contributed by atoms with Gasteiger partial charge in [-0.05, 0) is 56.0 Å². The van der Waals surface area contributed by atoms with Crippen LogP contribution in [0, 0.1) is 20.8 Å². The minimum atomic E-state index is -0.824. The van der Waals surface area contributed by atoms with Crippen LogP contribution in [0.1, 0.15) is 40.3 Å². The van der Waals surface area contributed by atoms with Crippen molar-refractivity contribution in [3.05, 3.63) is 70.3 Å². The van der Waals surface area contributed by atoms with E-state index in [1.807, 2.05) is 66.8 Å². The minimum absolute atomic E-state index is 0.0382. The van der Waals surface area contributed by atoms with Crippen molar-refractivity contribution in [2.75, 3.05) is 26.2 Å². The molecule has 1 aliphatic rings. The fourth-order valence-electron chi connectivity index (χ4n) is 5.00. The van der Waals surface area contributed by atoms with Crippen molar-refractivity contribution in [3.8, 4) is 5.82 Å². The Kier molecular flexibility index (Phi) is 7.19. The topological polar surface area (TPSA) is 122 Å². The van der Waals surface area contributed by atoms with E-state index in [9.17, 15) is 9.59 Å². The first-order chi connectivity index (χ1) is 18.3. The van der Waals surface area contributed by atoms with Crippen molar-refractivity contribution in [2.45, 2.75) is 46.6 Å². The van der Waals surface area contributed by atoms with Gasteiger partial charge in [0.05, 0.1) is 12.1 Å². The Morgan fingerprint density at radius 3 is 2.32 bits per heavy atom. The quantitative estimate of drug-likeness (QED) is 0.378. The second-order valence-electron chi connectivity index (χ2n) is 9.81. The number of carbonyl (C=O) groups is 2. The van der Waals surface area contributed by atoms with E-state index in [2.05, 4.69) is 20.2 Å². The molecule has 5 rings (SSSR count). The Bertz CT molecular complexity index is 1470. The Balaban J connectivity index is 1.15. The van der Waals surface area contributed by atoms with Crippen molar-refractivity contribution in [3.63, 3.8) is 0 Å². The lowest BCUT2D eigenvalue weighted by Crippen LogP contribution is -2.48. The van der Waals surface area contributed by atoms with Crippen LogP contribution >= 0.6 is 0 Å². The van der Waals surface area contributed by atoms with Gasteiger partial charge in [-0.1, -0.05) is 24.3 Å². The summed E-state index contributed by atoms with van der Waals surface area (Å²) in [5.41, 5.74) is 5.59. The third kappa shape index (κ3) is 5.42. The standard InChI is InChI=1S/C27H32N8O3/c1-18-23(19(2)34(30-18)25-10-9-24-29-28-20(3)35(24)31-25)8-11-26(36)33-14-12-32(13-15-33)17-22-6-4-21(5-7-22)16-27(37)38/h4-7,9-10H,8,11-17H2,1-3H3,(H,37,38). The lowest BCUT2D eigenvalue weighted by atomic mass is 10.1. The van der Waals surface area contributed by atoms with E-state index in [1.54, 1.807) is 4.52 Å². The fraction of sp³-hybridized carbons (Fsp3) is 0.407. The number of hydrogen-bond acceptors (Lipinski definition) is 7. The SMILES string of the molecule is Cc1nn(-c2ccc3nnc(C)n3n2)c(C)c1CCC(=O)N1CCN(Cc2ccc(CC(=O)O)cc2)CC1. The molecule has 1 aromatic carbocycles. The zero-order chi connectivity index (χ0) is 26.8. The van der Waals surface area contributed by atoms with Crippen molar-refractivity contribution in [1.82, 2.24) is 39.4 Å². The van der Waals surface area contributed by atoms with E-state index in [0.29, 0.717) is 43.2 Å². The molecule has 1 fully saturated rings. The predicted octanol–water partition coefficient (Wildman–Crippen LogP) is 2.14. The number of fused-ring (bicyclic) bond motifs is 1. The van der Waals surface area contributed by atoms with Crippen LogP contribution in [-0.2, 0) is 29.0 Å². The van der Waals surface area contributed by atoms with E-state index in [4.69, 9.17) is 10.2 Å². The van der Waals surface area contributed by atoms with Gasteiger partial charge in [0.2, 0.25) is 5.91 Å². The highest BCUT2D eigenvalue weighted by atomic mass is 16.4. The summed E-state index contributed by atoms with van der Waals surface area (Å²) in [6.07, 6.45) is 1.11. The van der Waals surface area contributed by atoms with Gasteiger partial charge < -0.3 is 10.0 Å². The minimum Gasteiger partial charge on any atom is -0.481 e. The van der Waals surface area contributed by atoms with E-state index in [0.717, 1.165) is 47.7 Å². The molecular weight excluding hydrogens is 484 g/mol. The molecule has 198 valence electrons. The third-order valence-electron chi connectivity index (χ3n) is 7.16. The van der Waals surface area contributed by atoms with Crippen LogP contribution in [0.5, 0.6) is 0 Å². The molecule has 0 aliphatic carbocycles. The zero-order valence-electron chi connectivity index (χ0n) is 22.0. The molecule has 0 radical (unpaired) electrons. The van der Waals surface area contributed by atoms with Crippen LogP contribution in [0.15, 0.2) is 36.4 Å².